The second-order valence-corrected chi connectivity index (χ2v) is 11.7. The molecule has 5 heteroatoms. The monoisotopic (exact) mass is 522 g/mol. The van der Waals surface area contributed by atoms with Crippen LogP contribution in [-0.2, 0) is 4.89 Å². The topological polar surface area (TPSA) is 53.5 Å². The summed E-state index contributed by atoms with van der Waals surface area (Å²) in [6, 6.07) is 7.82. The third kappa shape index (κ3) is 10.6. The minimum atomic E-state index is 0.588. The normalized spacial score (nSPS) is 19.4. The molecule has 2 saturated carbocycles. The summed E-state index contributed by atoms with van der Waals surface area (Å²) in [5.41, 5.74) is 0.834. The van der Waals surface area contributed by atoms with Gasteiger partial charge in [0.05, 0.1) is 31.2 Å². The summed E-state index contributed by atoms with van der Waals surface area (Å²) in [5, 5.41) is 0. The first-order valence-electron chi connectivity index (χ1n) is 15.7. The summed E-state index contributed by atoms with van der Waals surface area (Å²) in [6.07, 6.45) is 26.4. The predicted octanol–water partition coefficient (Wildman–Crippen LogP) is 9.36. The van der Waals surface area contributed by atoms with Crippen molar-refractivity contribution in [2.45, 2.75) is 116 Å². The van der Waals surface area contributed by atoms with E-state index in [0.717, 1.165) is 36.2 Å². The largest absolute Gasteiger partial charge is 0.490 e. The molecule has 0 unspecified atom stereocenters. The highest BCUT2D eigenvalue weighted by Gasteiger charge is 2.22. The summed E-state index contributed by atoms with van der Waals surface area (Å²) in [4.78, 5) is 20.6. The Morgan fingerprint density at radius 1 is 0.711 bits per heavy atom. The van der Waals surface area contributed by atoms with Crippen LogP contribution in [0.25, 0.3) is 11.4 Å². The summed E-state index contributed by atoms with van der Waals surface area (Å²) in [7, 11) is 0. The average Bonchev–Trinajstić information content (AvgIpc) is 3.78. The summed E-state index contributed by atoms with van der Waals surface area (Å²) in [6.45, 7) is 3.64. The van der Waals surface area contributed by atoms with Crippen LogP contribution in [0.3, 0.4) is 0 Å². The highest BCUT2D eigenvalue weighted by atomic mass is 17.2. The van der Waals surface area contributed by atoms with Crippen LogP contribution >= 0.6 is 0 Å². The van der Waals surface area contributed by atoms with Crippen LogP contribution in [0.4, 0.5) is 0 Å². The zero-order valence-electron chi connectivity index (χ0n) is 23.8. The Bertz CT molecular complexity index is 891. The standard InChI is InChI=1S/C33H50N2O3/c1-2-3-8-13-27-19-21-29(22-20-27)26-37-38-32-16-11-10-15-31(32)33-34-24-30(25-35-33)36-23-12-7-5-4-6-9-14-28-17-18-28/h10-11,15-16,24-25,27-29H,2-9,12-14,17-23,26H2,1H3/t27-,29-. The van der Waals surface area contributed by atoms with E-state index in [2.05, 4.69) is 16.9 Å². The van der Waals surface area contributed by atoms with Crippen LogP contribution in [0, 0.1) is 17.8 Å². The van der Waals surface area contributed by atoms with Gasteiger partial charge >= 0.3 is 0 Å². The summed E-state index contributed by atoms with van der Waals surface area (Å²) >= 11 is 0. The lowest BCUT2D eigenvalue weighted by Crippen LogP contribution is -2.19. The van der Waals surface area contributed by atoms with E-state index in [0.29, 0.717) is 24.1 Å². The first-order valence-corrected chi connectivity index (χ1v) is 15.7. The van der Waals surface area contributed by atoms with Crippen LogP contribution in [-0.4, -0.2) is 23.2 Å². The molecule has 0 amide bonds. The number of benzene rings is 1. The quantitative estimate of drug-likeness (QED) is 0.104. The van der Waals surface area contributed by atoms with Gasteiger partial charge in [0.25, 0.3) is 0 Å². The minimum Gasteiger partial charge on any atom is -0.490 e. The maximum atomic E-state index is 5.88. The molecule has 0 atom stereocenters. The molecule has 0 saturated heterocycles. The first kappa shape index (κ1) is 28.9. The van der Waals surface area contributed by atoms with Crippen molar-refractivity contribution in [3.63, 3.8) is 0 Å². The number of rotatable bonds is 19. The number of hydrogen-bond donors (Lipinski definition) is 0. The van der Waals surface area contributed by atoms with E-state index in [4.69, 9.17) is 14.5 Å². The molecule has 38 heavy (non-hydrogen) atoms. The van der Waals surface area contributed by atoms with E-state index in [1.165, 1.54) is 103 Å². The molecule has 5 nitrogen and oxygen atoms in total. The lowest BCUT2D eigenvalue weighted by atomic mass is 9.80. The zero-order chi connectivity index (χ0) is 26.3. The molecule has 0 aliphatic heterocycles. The van der Waals surface area contributed by atoms with Gasteiger partial charge in [0.15, 0.2) is 17.3 Å². The molecular weight excluding hydrogens is 472 g/mol. The second-order valence-electron chi connectivity index (χ2n) is 11.7. The van der Waals surface area contributed by atoms with Crippen molar-refractivity contribution in [1.29, 1.82) is 0 Å². The van der Waals surface area contributed by atoms with E-state index in [1.54, 1.807) is 12.4 Å². The Labute approximate surface area is 231 Å². The van der Waals surface area contributed by atoms with Gasteiger partial charge in [-0.3, -0.25) is 0 Å². The van der Waals surface area contributed by atoms with E-state index in [-0.39, 0.29) is 0 Å². The first-order chi connectivity index (χ1) is 18.8. The van der Waals surface area contributed by atoms with Crippen LogP contribution in [0.2, 0.25) is 0 Å². The van der Waals surface area contributed by atoms with Crippen molar-refractivity contribution < 1.29 is 14.5 Å². The average molecular weight is 523 g/mol. The molecule has 1 heterocycles. The molecule has 0 radical (unpaired) electrons. The van der Waals surface area contributed by atoms with Crippen molar-refractivity contribution in [3.8, 4) is 22.9 Å². The maximum absolute atomic E-state index is 5.88. The smallest absolute Gasteiger partial charge is 0.176 e. The molecule has 2 aliphatic rings. The number of aromatic nitrogens is 2. The zero-order valence-corrected chi connectivity index (χ0v) is 23.8. The van der Waals surface area contributed by atoms with Crippen LogP contribution < -0.4 is 9.62 Å². The number of nitrogens with zero attached hydrogens (tertiary/aromatic N) is 2. The molecule has 2 aliphatic carbocycles. The van der Waals surface area contributed by atoms with E-state index in [1.807, 2.05) is 24.3 Å². The van der Waals surface area contributed by atoms with Crippen molar-refractivity contribution in [2.75, 3.05) is 13.2 Å². The van der Waals surface area contributed by atoms with Crippen LogP contribution in [0.15, 0.2) is 36.7 Å². The van der Waals surface area contributed by atoms with Crippen molar-refractivity contribution in [3.05, 3.63) is 36.7 Å². The lowest BCUT2D eigenvalue weighted by Gasteiger charge is -2.28. The van der Waals surface area contributed by atoms with Gasteiger partial charge in [-0.25, -0.2) is 9.97 Å². The number of hydrogen-bond acceptors (Lipinski definition) is 5. The van der Waals surface area contributed by atoms with E-state index < -0.39 is 0 Å². The number of para-hydroxylation sites is 1. The molecule has 2 aromatic rings. The molecule has 2 fully saturated rings. The second kappa shape index (κ2) is 16.7. The van der Waals surface area contributed by atoms with Gasteiger partial charge in [-0.2, -0.15) is 4.89 Å². The van der Waals surface area contributed by atoms with Gasteiger partial charge in [-0.1, -0.05) is 109 Å². The molecule has 1 aromatic heterocycles. The van der Waals surface area contributed by atoms with Gasteiger partial charge in [-0.15, -0.1) is 0 Å². The highest BCUT2D eigenvalue weighted by Crippen LogP contribution is 2.34. The third-order valence-electron chi connectivity index (χ3n) is 8.36. The van der Waals surface area contributed by atoms with Crippen molar-refractivity contribution in [1.82, 2.24) is 9.97 Å². The van der Waals surface area contributed by atoms with Crippen LogP contribution in [0.5, 0.6) is 11.5 Å². The van der Waals surface area contributed by atoms with Gasteiger partial charge in [-0.05, 0) is 49.1 Å². The van der Waals surface area contributed by atoms with Crippen molar-refractivity contribution in [2.24, 2.45) is 17.8 Å². The molecule has 1 aromatic carbocycles. The fourth-order valence-corrected chi connectivity index (χ4v) is 5.66. The molecule has 0 bridgehead atoms. The fraction of sp³-hybridized carbons (Fsp3) is 0.697. The maximum Gasteiger partial charge on any atom is 0.176 e. The van der Waals surface area contributed by atoms with Crippen molar-refractivity contribution >= 4 is 0 Å². The third-order valence-corrected chi connectivity index (χ3v) is 8.36. The SMILES string of the molecule is CCCCC[C@H]1CC[C@H](COOc2ccccc2-c2ncc(OCCCCCCCCC3CC3)cn2)CC1. The van der Waals surface area contributed by atoms with Gasteiger partial charge < -0.3 is 9.62 Å². The molecule has 4 rings (SSSR count). The Hall–Kier alpha value is -2.14. The summed E-state index contributed by atoms with van der Waals surface area (Å²) in [5.74, 6) is 4.57. The number of ether oxygens (including phenoxy) is 1. The lowest BCUT2D eigenvalue weighted by molar-refractivity contribution is -0.218. The Kier molecular flexibility index (Phi) is 12.7. The molecular formula is C33H50N2O3. The molecule has 210 valence electrons. The van der Waals surface area contributed by atoms with Crippen LogP contribution in [0.1, 0.15) is 116 Å². The minimum absolute atomic E-state index is 0.588. The molecule has 0 N–H and O–H groups in total. The highest BCUT2D eigenvalue weighted by molar-refractivity contribution is 5.63. The van der Waals surface area contributed by atoms with Gasteiger partial charge in [0, 0.05) is 0 Å². The number of unbranched alkanes of at least 4 members (excludes halogenated alkanes) is 7. The predicted molar refractivity (Wildman–Crippen MR) is 154 cm³/mol. The Balaban J connectivity index is 1.11. The summed E-state index contributed by atoms with van der Waals surface area (Å²) < 4.78 is 5.88. The Morgan fingerprint density at radius 3 is 2.03 bits per heavy atom. The van der Waals surface area contributed by atoms with Gasteiger partial charge in [0.1, 0.15) is 0 Å². The molecule has 0 spiro atoms. The van der Waals surface area contributed by atoms with Gasteiger partial charge in [0.2, 0.25) is 0 Å². The fourth-order valence-electron chi connectivity index (χ4n) is 5.66. The Morgan fingerprint density at radius 2 is 1.32 bits per heavy atom. The van der Waals surface area contributed by atoms with E-state index >= 15 is 0 Å². The van der Waals surface area contributed by atoms with E-state index in [9.17, 15) is 0 Å².